The fraction of sp³-hybridized carbons (Fsp3) is 0.161. The maximum absolute atomic E-state index is 14.1. The number of anilines is 1. The molecule has 0 spiro atoms. The van der Waals surface area contributed by atoms with Crippen molar-refractivity contribution in [3.8, 4) is 23.0 Å². The van der Waals surface area contributed by atoms with Crippen LogP contribution in [-0.4, -0.2) is 32.1 Å². The highest BCUT2D eigenvalue weighted by atomic mass is 19.1. The number of para-hydroxylation sites is 1. The zero-order valence-electron chi connectivity index (χ0n) is 21.8. The second-order valence-electron chi connectivity index (χ2n) is 9.73. The number of carbonyl (C=O) groups excluding carboxylic acids is 1. The quantitative estimate of drug-likeness (QED) is 0.296. The van der Waals surface area contributed by atoms with E-state index >= 15 is 0 Å². The molecule has 8 nitrogen and oxygen atoms in total. The topological polar surface area (TPSA) is 73.6 Å². The summed E-state index contributed by atoms with van der Waals surface area (Å²) in [6, 6.07) is 24.8. The smallest absolute Gasteiger partial charge is 0.322 e. The van der Waals surface area contributed by atoms with E-state index in [1.807, 2.05) is 53.3 Å². The van der Waals surface area contributed by atoms with Gasteiger partial charge in [-0.05, 0) is 60.5 Å². The number of urea groups is 1. The molecule has 1 N–H and O–H groups in total. The van der Waals surface area contributed by atoms with E-state index in [1.54, 1.807) is 35.2 Å². The Bertz CT molecular complexity index is 1710. The molecule has 200 valence electrons. The largest absolute Gasteiger partial charge is 0.454 e. The molecule has 0 fully saturated rings. The van der Waals surface area contributed by atoms with E-state index in [0.29, 0.717) is 30.2 Å². The summed E-state index contributed by atoms with van der Waals surface area (Å²) in [4.78, 5) is 15.9. The van der Waals surface area contributed by atoms with E-state index < -0.39 is 6.04 Å². The zero-order valence-corrected chi connectivity index (χ0v) is 21.8. The zero-order chi connectivity index (χ0) is 27.2. The van der Waals surface area contributed by atoms with E-state index in [2.05, 4.69) is 16.8 Å². The van der Waals surface area contributed by atoms with Gasteiger partial charge in [-0.2, -0.15) is 5.10 Å². The van der Waals surface area contributed by atoms with Gasteiger partial charge in [-0.3, -0.25) is 0 Å². The molecule has 2 aliphatic rings. The van der Waals surface area contributed by atoms with Crippen LogP contribution >= 0.6 is 0 Å². The first-order valence-corrected chi connectivity index (χ1v) is 13.2. The minimum Gasteiger partial charge on any atom is -0.454 e. The molecule has 0 saturated carbocycles. The molecular weight excluding hydrogens is 509 g/mol. The lowest BCUT2D eigenvalue weighted by Gasteiger charge is -2.31. The molecule has 40 heavy (non-hydrogen) atoms. The number of carbonyl (C=O) groups is 1. The van der Waals surface area contributed by atoms with Crippen molar-refractivity contribution < 1.29 is 18.7 Å². The van der Waals surface area contributed by atoms with Gasteiger partial charge in [0.25, 0.3) is 0 Å². The number of amides is 2. The molecule has 0 bridgehead atoms. The summed E-state index contributed by atoms with van der Waals surface area (Å²) >= 11 is 0. The van der Waals surface area contributed by atoms with Crippen LogP contribution in [0.4, 0.5) is 14.9 Å². The van der Waals surface area contributed by atoms with Crippen molar-refractivity contribution in [1.82, 2.24) is 19.2 Å². The maximum Gasteiger partial charge on any atom is 0.322 e. The minimum atomic E-state index is -0.494. The third-order valence-corrected chi connectivity index (χ3v) is 7.37. The summed E-state index contributed by atoms with van der Waals surface area (Å²) in [6.45, 7) is 2.51. The molecule has 2 aromatic heterocycles. The predicted octanol–water partition coefficient (Wildman–Crippen LogP) is 6.23. The van der Waals surface area contributed by atoms with Crippen LogP contribution in [0.25, 0.3) is 11.5 Å². The average Bonchev–Trinajstić information content (AvgIpc) is 3.71. The molecule has 9 heteroatoms. The standard InChI is InChI=1S/C31H26FN5O3/c1-2-25-24-18-36(31(38)33-22-14-15-27-28(17-22)40-19-39-27)29(20-10-12-21(32)13-11-20)26-9-6-16-35(26)30(24)37(34-25)23-7-4-3-5-8-23/h3-17,29H,2,18-19H2,1H3,(H,33,38)/t29-/m0/s1. The summed E-state index contributed by atoms with van der Waals surface area (Å²) in [7, 11) is 0. The number of nitrogens with zero attached hydrogens (tertiary/aromatic N) is 4. The minimum absolute atomic E-state index is 0.149. The highest BCUT2D eigenvalue weighted by molar-refractivity contribution is 5.90. The Kier molecular flexibility index (Phi) is 5.77. The van der Waals surface area contributed by atoms with Crippen molar-refractivity contribution >= 4 is 11.7 Å². The third-order valence-electron chi connectivity index (χ3n) is 7.37. The summed E-state index contributed by atoms with van der Waals surface area (Å²) < 4.78 is 29.0. The lowest BCUT2D eigenvalue weighted by atomic mass is 10.0. The first kappa shape index (κ1) is 24.0. The first-order chi connectivity index (χ1) is 19.6. The molecule has 0 radical (unpaired) electrons. The summed E-state index contributed by atoms with van der Waals surface area (Å²) in [6.07, 6.45) is 2.68. The van der Waals surface area contributed by atoms with Crippen LogP contribution in [0, 0.1) is 5.82 Å². The number of hydrogen-bond donors (Lipinski definition) is 1. The Labute approximate surface area is 230 Å². The van der Waals surface area contributed by atoms with Gasteiger partial charge in [0.05, 0.1) is 29.7 Å². The molecular formula is C31H26FN5O3. The number of nitrogens with one attached hydrogen (secondary N) is 1. The van der Waals surface area contributed by atoms with Gasteiger partial charge in [-0.15, -0.1) is 0 Å². The van der Waals surface area contributed by atoms with Gasteiger partial charge < -0.3 is 24.3 Å². The Morgan fingerprint density at radius 2 is 1.80 bits per heavy atom. The van der Waals surface area contributed by atoms with Gasteiger partial charge in [-0.1, -0.05) is 37.3 Å². The monoisotopic (exact) mass is 535 g/mol. The lowest BCUT2D eigenvalue weighted by Crippen LogP contribution is -2.38. The van der Waals surface area contributed by atoms with E-state index in [1.165, 1.54) is 12.1 Å². The number of fused-ring (bicyclic) bond motifs is 4. The Hall–Kier alpha value is -5.05. The number of halogens is 1. The predicted molar refractivity (Wildman–Crippen MR) is 148 cm³/mol. The molecule has 0 unspecified atom stereocenters. The number of ether oxygens (including phenoxy) is 2. The van der Waals surface area contributed by atoms with E-state index in [9.17, 15) is 9.18 Å². The van der Waals surface area contributed by atoms with Crippen LogP contribution in [0.15, 0.2) is 91.1 Å². The van der Waals surface area contributed by atoms with Crippen molar-refractivity contribution in [3.63, 3.8) is 0 Å². The van der Waals surface area contributed by atoms with Crippen LogP contribution in [0.5, 0.6) is 11.5 Å². The van der Waals surface area contributed by atoms with Crippen LogP contribution in [0.3, 0.4) is 0 Å². The van der Waals surface area contributed by atoms with Gasteiger partial charge in [0.2, 0.25) is 6.79 Å². The number of rotatable bonds is 4. The summed E-state index contributed by atoms with van der Waals surface area (Å²) in [5.41, 5.74) is 5.03. The highest BCUT2D eigenvalue weighted by Gasteiger charge is 2.36. The van der Waals surface area contributed by atoms with Gasteiger partial charge in [0, 0.05) is 23.5 Å². The van der Waals surface area contributed by atoms with Gasteiger partial charge >= 0.3 is 6.03 Å². The van der Waals surface area contributed by atoms with Gasteiger partial charge in [0.15, 0.2) is 11.5 Å². The number of aromatic nitrogens is 3. The highest BCUT2D eigenvalue weighted by Crippen LogP contribution is 2.40. The fourth-order valence-electron chi connectivity index (χ4n) is 5.51. The average molecular weight is 536 g/mol. The van der Waals surface area contributed by atoms with Crippen molar-refractivity contribution in [1.29, 1.82) is 0 Å². The van der Waals surface area contributed by atoms with E-state index in [-0.39, 0.29) is 18.6 Å². The van der Waals surface area contributed by atoms with E-state index in [4.69, 9.17) is 14.6 Å². The first-order valence-electron chi connectivity index (χ1n) is 13.2. The number of aryl methyl sites for hydroxylation is 1. The van der Waals surface area contributed by atoms with Gasteiger partial charge in [0.1, 0.15) is 11.6 Å². The van der Waals surface area contributed by atoms with Gasteiger partial charge in [-0.25, -0.2) is 13.9 Å². The number of benzene rings is 3. The van der Waals surface area contributed by atoms with Crippen molar-refractivity contribution in [2.45, 2.75) is 25.9 Å². The van der Waals surface area contributed by atoms with Crippen LogP contribution in [0.2, 0.25) is 0 Å². The SMILES string of the molecule is CCc1nn(-c2ccccc2)c2c1CN(C(=O)Nc1ccc3c(c1)OCO3)[C@@H](c1ccc(F)cc1)c1cccn1-2. The molecule has 2 amide bonds. The molecule has 0 aliphatic carbocycles. The molecule has 1 atom stereocenters. The molecule has 2 aliphatic heterocycles. The van der Waals surface area contributed by atoms with Crippen molar-refractivity contribution in [2.24, 2.45) is 0 Å². The van der Waals surface area contributed by atoms with Crippen molar-refractivity contribution in [3.05, 3.63) is 119 Å². The molecule has 3 aromatic carbocycles. The van der Waals surface area contributed by atoms with Crippen LogP contribution in [0.1, 0.15) is 35.5 Å². The Morgan fingerprint density at radius 3 is 2.60 bits per heavy atom. The fourth-order valence-corrected chi connectivity index (χ4v) is 5.51. The second kappa shape index (κ2) is 9.60. The molecule has 5 aromatic rings. The molecule has 7 rings (SSSR count). The number of hydrogen-bond acceptors (Lipinski definition) is 4. The lowest BCUT2D eigenvalue weighted by molar-refractivity contribution is 0.174. The molecule has 0 saturated heterocycles. The normalized spacial score (nSPS) is 15.3. The summed E-state index contributed by atoms with van der Waals surface area (Å²) in [5.74, 6) is 1.77. The Balaban J connectivity index is 1.38. The van der Waals surface area contributed by atoms with Crippen LogP contribution < -0.4 is 14.8 Å². The third kappa shape index (κ3) is 3.98. The van der Waals surface area contributed by atoms with Crippen molar-refractivity contribution in [2.75, 3.05) is 12.1 Å². The molecule has 4 heterocycles. The maximum atomic E-state index is 14.1. The van der Waals surface area contributed by atoms with E-state index in [0.717, 1.165) is 34.0 Å². The second-order valence-corrected chi connectivity index (χ2v) is 9.73. The summed E-state index contributed by atoms with van der Waals surface area (Å²) in [5, 5.41) is 8.04. The van der Waals surface area contributed by atoms with Crippen LogP contribution in [-0.2, 0) is 13.0 Å². The Morgan fingerprint density at radius 1 is 1.00 bits per heavy atom.